The molecule has 7 nitrogen and oxygen atoms in total. The summed E-state index contributed by atoms with van der Waals surface area (Å²) in [5.74, 6) is 0. The van der Waals surface area contributed by atoms with Gasteiger partial charge in [0.15, 0.2) is 0 Å². The zero-order valence-electron chi connectivity index (χ0n) is 10.4. The van der Waals surface area contributed by atoms with Crippen molar-refractivity contribution in [2.45, 2.75) is 4.90 Å². The van der Waals surface area contributed by atoms with E-state index in [9.17, 15) is 8.42 Å². The maximum Gasteiger partial charge on any atom is 0.309 e. The predicted molar refractivity (Wildman–Crippen MR) is 74.7 cm³/mol. The average Bonchev–Trinajstić information content (AvgIpc) is 2.39. The van der Waals surface area contributed by atoms with Gasteiger partial charge in [0.1, 0.15) is 11.7 Å². The van der Waals surface area contributed by atoms with Crippen molar-refractivity contribution in [3.05, 3.63) is 42.5 Å². The molecule has 0 spiro atoms. The van der Waals surface area contributed by atoms with Gasteiger partial charge in [0.05, 0.1) is 0 Å². The van der Waals surface area contributed by atoms with Gasteiger partial charge in [-0.1, -0.05) is 36.4 Å². The molecule has 108 valence electrons. The maximum absolute atomic E-state index is 11.0. The topological polar surface area (TPSA) is 141 Å². The Hall–Kier alpha value is -2.45. The molecule has 20 heavy (non-hydrogen) atoms. The third kappa shape index (κ3) is 5.46. The molecule has 2 aromatic rings. The second-order valence-corrected chi connectivity index (χ2v) is 4.74. The smallest absolute Gasteiger partial charge is 0.309 e. The highest BCUT2D eigenvalue weighted by molar-refractivity contribution is 7.86. The molecule has 0 saturated carbocycles. The van der Waals surface area contributed by atoms with E-state index >= 15 is 0 Å². The van der Waals surface area contributed by atoms with Crippen molar-refractivity contribution in [1.29, 1.82) is 0 Å². The minimum atomic E-state index is -4.13. The lowest BCUT2D eigenvalue weighted by Crippen LogP contribution is -2.18. The van der Waals surface area contributed by atoms with E-state index in [0.717, 1.165) is 5.39 Å². The summed E-state index contributed by atoms with van der Waals surface area (Å²) in [7, 11) is -4.13. The first-order valence-electron chi connectivity index (χ1n) is 5.11. The Morgan fingerprint density at radius 2 is 1.45 bits per heavy atom. The molecule has 0 heterocycles. The van der Waals surface area contributed by atoms with Crippen molar-refractivity contribution in [1.82, 2.24) is 0 Å². The second kappa shape index (κ2) is 7.87. The molecule has 0 atom stereocenters. The van der Waals surface area contributed by atoms with E-state index in [1.165, 1.54) is 6.07 Å². The highest BCUT2D eigenvalue weighted by Crippen LogP contribution is 2.21. The Kier molecular flexibility index (Phi) is 6.91. The average molecular weight is 298 g/mol. The normalized spacial score (nSPS) is 9.65. The third-order valence-corrected chi connectivity index (χ3v) is 2.94. The lowest BCUT2D eigenvalue weighted by Gasteiger charge is -2.02. The molecule has 2 aromatic carbocycles. The lowest BCUT2D eigenvalue weighted by atomic mass is 10.1. The van der Waals surface area contributed by atoms with Gasteiger partial charge in [-0.25, -0.2) is 4.79 Å². The fourth-order valence-corrected chi connectivity index (χ4v) is 2.13. The first-order chi connectivity index (χ1) is 9.32. The summed E-state index contributed by atoms with van der Waals surface area (Å²) in [6.07, 6.45) is 0. The molecule has 0 aromatic heterocycles. The number of rotatable bonds is 1. The Bertz CT molecular complexity index is 676. The minimum absolute atomic E-state index is 0.0457. The van der Waals surface area contributed by atoms with E-state index in [2.05, 4.69) is 11.5 Å². The number of nitrogens with two attached hydrogens (primary N) is 2. The van der Waals surface area contributed by atoms with Crippen LogP contribution < -0.4 is 11.5 Å². The van der Waals surface area contributed by atoms with Crippen LogP contribution in [-0.2, 0) is 14.9 Å². The number of hydrogen-bond donors (Lipinski definition) is 3. The number of urea groups is 1. The molecule has 0 saturated heterocycles. The number of hydrogen-bond acceptors (Lipinski definition) is 4. The molecule has 2 rings (SSSR count). The van der Waals surface area contributed by atoms with Gasteiger partial charge in [-0.15, -0.1) is 0 Å². The molecule has 0 aliphatic carbocycles. The fourth-order valence-electron chi connectivity index (χ4n) is 1.42. The van der Waals surface area contributed by atoms with Gasteiger partial charge in [0.2, 0.25) is 0 Å². The first kappa shape index (κ1) is 17.6. The molecule has 0 radical (unpaired) electrons. The summed E-state index contributed by atoms with van der Waals surface area (Å²) in [6.45, 7) is 2.00. The van der Waals surface area contributed by atoms with E-state index in [0.29, 0.717) is 5.39 Å². The van der Waals surface area contributed by atoms with E-state index < -0.39 is 16.1 Å². The van der Waals surface area contributed by atoms with Crippen LogP contribution in [0.4, 0.5) is 4.79 Å². The van der Waals surface area contributed by atoms with Gasteiger partial charge >= 0.3 is 6.03 Å². The summed E-state index contributed by atoms with van der Waals surface area (Å²) in [5, 5.41) is 1.33. The molecule has 2 amide bonds. The first-order valence-corrected chi connectivity index (χ1v) is 6.55. The van der Waals surface area contributed by atoms with E-state index in [1.807, 2.05) is 12.9 Å². The molecule has 0 bridgehead atoms. The second-order valence-electron chi connectivity index (χ2n) is 3.35. The maximum atomic E-state index is 11.0. The minimum Gasteiger partial charge on any atom is -0.352 e. The van der Waals surface area contributed by atoms with E-state index in [-0.39, 0.29) is 4.90 Å². The Balaban J connectivity index is 0.000000521. The standard InChI is InChI=1S/C10H8O3S.CH4N2O.CH2O/c11-14(12,13)10-7-3-5-8-4-1-2-6-9(8)10;2-1(3)4;1-2/h1-7H,(H,11,12,13);(H4,2,3,4);1H2. The van der Waals surface area contributed by atoms with Crippen molar-refractivity contribution in [3.63, 3.8) is 0 Å². The highest BCUT2D eigenvalue weighted by atomic mass is 32.2. The van der Waals surface area contributed by atoms with Crippen molar-refractivity contribution >= 4 is 33.7 Å². The summed E-state index contributed by atoms with van der Waals surface area (Å²) < 4.78 is 31.0. The molecule has 0 aliphatic rings. The van der Waals surface area contributed by atoms with E-state index in [1.54, 1.807) is 30.3 Å². The number of carbonyl (C=O) groups excluding carboxylic acids is 2. The number of carbonyl (C=O) groups is 2. The fraction of sp³-hybridized carbons (Fsp3) is 0. The van der Waals surface area contributed by atoms with Gasteiger partial charge in [0.25, 0.3) is 10.1 Å². The van der Waals surface area contributed by atoms with Crippen molar-refractivity contribution in [3.8, 4) is 0 Å². The highest BCUT2D eigenvalue weighted by Gasteiger charge is 2.12. The summed E-state index contributed by atoms with van der Waals surface area (Å²) in [5.41, 5.74) is 8.50. The summed E-state index contributed by atoms with van der Waals surface area (Å²) in [4.78, 5) is 17.0. The van der Waals surface area contributed by atoms with Crippen molar-refractivity contribution in [2.75, 3.05) is 0 Å². The number of primary amides is 2. The largest absolute Gasteiger partial charge is 0.352 e. The van der Waals surface area contributed by atoms with Gasteiger partial charge in [0, 0.05) is 5.39 Å². The molecule has 0 fully saturated rings. The molecular weight excluding hydrogens is 284 g/mol. The van der Waals surface area contributed by atoms with Crippen LogP contribution in [0.1, 0.15) is 0 Å². The monoisotopic (exact) mass is 298 g/mol. The van der Waals surface area contributed by atoms with Crippen LogP contribution in [0.15, 0.2) is 47.4 Å². The number of benzene rings is 2. The SMILES string of the molecule is C=O.NC(N)=O.O=S(=O)(O)c1cccc2ccccc12. The van der Waals surface area contributed by atoms with Crippen molar-refractivity contribution in [2.24, 2.45) is 11.5 Å². The van der Waals surface area contributed by atoms with Crippen LogP contribution in [0, 0.1) is 0 Å². The Morgan fingerprint density at radius 3 is 1.95 bits per heavy atom. The molecule has 0 unspecified atom stereocenters. The zero-order valence-corrected chi connectivity index (χ0v) is 11.2. The summed E-state index contributed by atoms with van der Waals surface area (Å²) in [6, 6.07) is 11.0. The van der Waals surface area contributed by atoms with Crippen LogP contribution in [0.5, 0.6) is 0 Å². The zero-order chi connectivity index (χ0) is 15.8. The van der Waals surface area contributed by atoms with E-state index in [4.69, 9.17) is 14.1 Å². The van der Waals surface area contributed by atoms with Crippen LogP contribution >= 0.6 is 0 Å². The number of fused-ring (bicyclic) bond motifs is 1. The van der Waals surface area contributed by atoms with Crippen LogP contribution in [-0.4, -0.2) is 25.8 Å². The molecular formula is C12H14N2O5S. The van der Waals surface area contributed by atoms with Gasteiger partial charge < -0.3 is 16.3 Å². The van der Waals surface area contributed by atoms with Crippen LogP contribution in [0.25, 0.3) is 10.8 Å². The molecule has 8 heteroatoms. The van der Waals surface area contributed by atoms with Gasteiger partial charge in [-0.05, 0) is 11.5 Å². The van der Waals surface area contributed by atoms with Gasteiger partial charge in [-0.3, -0.25) is 4.55 Å². The van der Waals surface area contributed by atoms with Crippen LogP contribution in [0.2, 0.25) is 0 Å². The Morgan fingerprint density at radius 1 is 1.00 bits per heavy atom. The third-order valence-electron chi connectivity index (χ3n) is 2.03. The molecule has 0 aliphatic heterocycles. The lowest BCUT2D eigenvalue weighted by molar-refractivity contribution is -0.0980. The van der Waals surface area contributed by atoms with Crippen LogP contribution in [0.3, 0.4) is 0 Å². The quantitative estimate of drug-likeness (QED) is 0.671. The predicted octanol–water partition coefficient (Wildman–Crippen LogP) is 0.925. The number of amides is 2. The Labute approximate surface area is 115 Å². The summed E-state index contributed by atoms with van der Waals surface area (Å²) >= 11 is 0. The van der Waals surface area contributed by atoms with Gasteiger partial charge in [-0.2, -0.15) is 8.42 Å². The van der Waals surface area contributed by atoms with Crippen molar-refractivity contribution < 1.29 is 22.6 Å². The molecule has 5 N–H and O–H groups in total.